The molecule has 0 saturated carbocycles. The minimum Gasteiger partial charge on any atom is -0.496 e. The Morgan fingerprint density at radius 1 is 1.10 bits per heavy atom. The Hall–Kier alpha value is -2.99. The third-order valence-electron chi connectivity index (χ3n) is 6.38. The first-order valence-corrected chi connectivity index (χ1v) is 11.1. The summed E-state index contributed by atoms with van der Waals surface area (Å²) >= 11 is 0. The summed E-state index contributed by atoms with van der Waals surface area (Å²) in [4.78, 5) is 15.9. The zero-order chi connectivity index (χ0) is 21.2. The molecule has 2 aromatic heterocycles. The van der Waals surface area contributed by atoms with Crippen LogP contribution in [0.5, 0.6) is 5.75 Å². The molecule has 1 aliphatic carbocycles. The van der Waals surface area contributed by atoms with E-state index in [1.807, 2.05) is 6.92 Å². The number of hydrogen-bond donors (Lipinski definition) is 1. The quantitative estimate of drug-likeness (QED) is 0.626. The Labute approximate surface area is 183 Å². The number of fused-ring (bicyclic) bond motifs is 1. The van der Waals surface area contributed by atoms with E-state index in [9.17, 15) is 0 Å². The number of pyridine rings is 1. The van der Waals surface area contributed by atoms with Crippen LogP contribution in [-0.2, 0) is 19.4 Å². The highest BCUT2D eigenvalue weighted by Gasteiger charge is 2.29. The van der Waals surface area contributed by atoms with E-state index in [1.165, 1.54) is 42.4 Å². The van der Waals surface area contributed by atoms with Crippen molar-refractivity contribution < 1.29 is 4.74 Å². The van der Waals surface area contributed by atoms with Crippen molar-refractivity contribution >= 4 is 11.5 Å². The lowest BCUT2D eigenvalue weighted by atomic mass is 10.0. The van der Waals surface area contributed by atoms with Gasteiger partial charge in [0.05, 0.1) is 25.0 Å². The van der Waals surface area contributed by atoms with E-state index in [0.717, 1.165) is 48.2 Å². The summed E-state index contributed by atoms with van der Waals surface area (Å²) < 4.78 is 5.76. The van der Waals surface area contributed by atoms with Crippen molar-refractivity contribution in [1.29, 1.82) is 0 Å². The number of aryl methyl sites for hydroxylation is 3. The molecule has 6 nitrogen and oxygen atoms in total. The fourth-order valence-electron chi connectivity index (χ4n) is 4.98. The molecule has 1 N–H and O–H groups in total. The highest BCUT2D eigenvalue weighted by atomic mass is 16.5. The van der Waals surface area contributed by atoms with Crippen LogP contribution >= 0.6 is 0 Å². The average Bonchev–Trinajstić information content (AvgIpc) is 3.42. The molecule has 1 atom stereocenters. The summed E-state index contributed by atoms with van der Waals surface area (Å²) in [6.45, 7) is 4.02. The Bertz CT molecular complexity index is 1070. The van der Waals surface area contributed by atoms with Gasteiger partial charge < -0.3 is 10.1 Å². The molecule has 0 bridgehead atoms. The predicted octanol–water partition coefficient (Wildman–Crippen LogP) is 4.76. The molecular weight excluding hydrogens is 386 g/mol. The largest absolute Gasteiger partial charge is 0.496 e. The second-order valence-electron chi connectivity index (χ2n) is 8.55. The maximum atomic E-state index is 5.76. The van der Waals surface area contributed by atoms with E-state index in [0.29, 0.717) is 6.04 Å². The highest BCUT2D eigenvalue weighted by Crippen LogP contribution is 2.37. The van der Waals surface area contributed by atoms with Gasteiger partial charge in [0, 0.05) is 35.9 Å². The number of anilines is 2. The summed E-state index contributed by atoms with van der Waals surface area (Å²) in [5, 5.41) is 3.37. The van der Waals surface area contributed by atoms with Crippen molar-refractivity contribution in [1.82, 2.24) is 19.9 Å². The van der Waals surface area contributed by atoms with E-state index in [-0.39, 0.29) is 0 Å². The zero-order valence-electron chi connectivity index (χ0n) is 18.3. The molecule has 0 amide bonds. The third kappa shape index (κ3) is 4.26. The molecule has 6 heteroatoms. The number of nitrogens with zero attached hydrogens (tertiary/aromatic N) is 4. The topological polar surface area (TPSA) is 63.2 Å². The van der Waals surface area contributed by atoms with Gasteiger partial charge in [0.2, 0.25) is 0 Å². The first-order chi connectivity index (χ1) is 15.2. The predicted molar refractivity (Wildman–Crippen MR) is 122 cm³/mol. The summed E-state index contributed by atoms with van der Waals surface area (Å²) in [5.74, 6) is 1.76. The Morgan fingerprint density at radius 3 is 2.77 bits per heavy atom. The second kappa shape index (κ2) is 8.63. The van der Waals surface area contributed by atoms with Gasteiger partial charge in [-0.05, 0) is 74.9 Å². The minimum absolute atomic E-state index is 0.306. The lowest BCUT2D eigenvalue weighted by molar-refractivity contribution is 0.240. The molecule has 160 valence electrons. The highest BCUT2D eigenvalue weighted by molar-refractivity contribution is 5.56. The monoisotopic (exact) mass is 415 g/mol. The van der Waals surface area contributed by atoms with Gasteiger partial charge in [-0.15, -0.1) is 0 Å². The van der Waals surface area contributed by atoms with E-state index < -0.39 is 0 Å². The maximum Gasteiger partial charge on any atom is 0.148 e. The Morgan fingerprint density at radius 2 is 1.97 bits per heavy atom. The molecule has 2 aliphatic rings. The van der Waals surface area contributed by atoms with Crippen LogP contribution in [0.25, 0.3) is 0 Å². The zero-order valence-corrected chi connectivity index (χ0v) is 18.3. The lowest BCUT2D eigenvalue weighted by Gasteiger charge is -2.26. The van der Waals surface area contributed by atoms with Gasteiger partial charge in [-0.1, -0.05) is 6.07 Å². The average molecular weight is 416 g/mol. The Kier molecular flexibility index (Phi) is 5.55. The summed E-state index contributed by atoms with van der Waals surface area (Å²) in [5.41, 5.74) is 7.37. The van der Waals surface area contributed by atoms with Crippen LogP contribution in [0.2, 0.25) is 0 Å². The normalized spacial score (nSPS) is 18.2. The molecule has 3 aromatic rings. The van der Waals surface area contributed by atoms with E-state index in [4.69, 9.17) is 9.72 Å². The number of likely N-dealkylation sites (tertiary alicyclic amines) is 1. The van der Waals surface area contributed by atoms with Crippen molar-refractivity contribution in [2.24, 2.45) is 0 Å². The molecule has 31 heavy (non-hydrogen) atoms. The first kappa shape index (κ1) is 19.9. The molecule has 0 spiro atoms. The van der Waals surface area contributed by atoms with Gasteiger partial charge in [0.25, 0.3) is 0 Å². The number of benzene rings is 1. The van der Waals surface area contributed by atoms with Crippen LogP contribution in [-0.4, -0.2) is 33.5 Å². The molecule has 1 aromatic carbocycles. The van der Waals surface area contributed by atoms with Gasteiger partial charge in [-0.3, -0.25) is 14.9 Å². The van der Waals surface area contributed by atoms with Crippen LogP contribution in [0.4, 0.5) is 11.5 Å². The van der Waals surface area contributed by atoms with Crippen LogP contribution in [0.3, 0.4) is 0 Å². The van der Waals surface area contributed by atoms with Crippen molar-refractivity contribution in [3.63, 3.8) is 0 Å². The second-order valence-corrected chi connectivity index (χ2v) is 8.55. The van der Waals surface area contributed by atoms with E-state index >= 15 is 0 Å². The van der Waals surface area contributed by atoms with E-state index in [2.05, 4.69) is 44.5 Å². The summed E-state index contributed by atoms with van der Waals surface area (Å²) in [7, 11) is 1.79. The van der Waals surface area contributed by atoms with Gasteiger partial charge in [0.1, 0.15) is 11.6 Å². The fourth-order valence-corrected chi connectivity index (χ4v) is 4.98. The van der Waals surface area contributed by atoms with Gasteiger partial charge in [-0.2, -0.15) is 0 Å². The lowest BCUT2D eigenvalue weighted by Crippen LogP contribution is -2.24. The number of ether oxygens (including phenoxy) is 1. The van der Waals surface area contributed by atoms with Crippen LogP contribution in [0.1, 0.15) is 53.4 Å². The van der Waals surface area contributed by atoms with Gasteiger partial charge in [-0.25, -0.2) is 4.98 Å². The Balaban J connectivity index is 1.40. The number of aromatic nitrogens is 3. The van der Waals surface area contributed by atoms with Crippen LogP contribution < -0.4 is 10.1 Å². The molecule has 0 radical (unpaired) electrons. The summed E-state index contributed by atoms with van der Waals surface area (Å²) in [6, 6.07) is 9.16. The number of rotatable bonds is 6. The SMILES string of the molecule is COc1cc2c(cc1CN1CCC[C@@H]1c1cc(Nc3cnccn3)cc(C)n1)CCC2. The van der Waals surface area contributed by atoms with Crippen molar-refractivity contribution in [3.8, 4) is 5.75 Å². The van der Waals surface area contributed by atoms with Gasteiger partial charge >= 0.3 is 0 Å². The molecule has 3 heterocycles. The molecule has 1 aliphatic heterocycles. The molecule has 5 rings (SSSR count). The van der Waals surface area contributed by atoms with Crippen LogP contribution in [0.15, 0.2) is 42.9 Å². The van der Waals surface area contributed by atoms with E-state index in [1.54, 1.807) is 25.7 Å². The first-order valence-electron chi connectivity index (χ1n) is 11.1. The number of nitrogens with one attached hydrogen (secondary N) is 1. The number of methoxy groups -OCH3 is 1. The van der Waals surface area contributed by atoms with Crippen molar-refractivity contribution in [2.45, 2.75) is 51.6 Å². The van der Waals surface area contributed by atoms with Crippen molar-refractivity contribution in [3.05, 3.63) is 70.9 Å². The standard InChI is InChI=1S/C25H29N5O/c1-17-11-21(29-25-15-26-8-9-27-25)14-22(28-17)23-7-4-10-30(23)16-20-12-18-5-3-6-19(18)13-24(20)31-2/h8-9,11-15,23H,3-7,10,16H2,1-2H3,(H,27,28,29)/t23-/m1/s1. The number of hydrogen-bond acceptors (Lipinski definition) is 6. The smallest absolute Gasteiger partial charge is 0.148 e. The fraction of sp³-hybridized carbons (Fsp3) is 0.400. The molecule has 0 unspecified atom stereocenters. The summed E-state index contributed by atoms with van der Waals surface area (Å²) in [6.07, 6.45) is 11.0. The maximum absolute atomic E-state index is 5.76. The van der Waals surface area contributed by atoms with Crippen molar-refractivity contribution in [2.75, 3.05) is 19.0 Å². The molecular formula is C25H29N5O. The third-order valence-corrected chi connectivity index (χ3v) is 6.38. The molecule has 1 fully saturated rings. The van der Waals surface area contributed by atoms with Gasteiger partial charge in [0.15, 0.2) is 0 Å². The molecule has 1 saturated heterocycles. The minimum atomic E-state index is 0.306. The van der Waals surface area contributed by atoms with Crippen LogP contribution in [0, 0.1) is 6.92 Å².